The summed E-state index contributed by atoms with van der Waals surface area (Å²) in [5.74, 6) is -26.9. The highest BCUT2D eigenvalue weighted by molar-refractivity contribution is 6.29. The highest BCUT2D eigenvalue weighted by atomic mass is 19.4. The van der Waals surface area contributed by atoms with E-state index in [1.165, 1.54) is 36.4 Å². The molecule has 2 heterocycles. The van der Waals surface area contributed by atoms with Gasteiger partial charge in [-0.1, -0.05) is 197 Å². The molecule has 18 heteroatoms. The van der Waals surface area contributed by atoms with Gasteiger partial charge in [-0.3, -0.25) is 9.59 Å². The molecule has 2 atom stereocenters. The van der Waals surface area contributed by atoms with Crippen molar-refractivity contribution in [1.82, 2.24) is 9.13 Å². The van der Waals surface area contributed by atoms with Gasteiger partial charge in [0.2, 0.25) is 0 Å². The van der Waals surface area contributed by atoms with Crippen LogP contribution in [0.5, 0.6) is 11.5 Å². The van der Waals surface area contributed by atoms with E-state index in [2.05, 4.69) is 47.1 Å². The highest BCUT2D eigenvalue weighted by Crippen LogP contribution is 2.53. The number of unbranched alkanes of at least 4 members (excludes halogenated alkanes) is 2. The molecule has 0 aliphatic heterocycles. The molecule has 0 aliphatic carbocycles. The quantitative estimate of drug-likeness (QED) is 0.0158. The molecule has 550 valence electrons. The number of fused-ring (bicyclic) bond motifs is 10. The van der Waals surface area contributed by atoms with Gasteiger partial charge in [-0.05, 0) is 160 Å². The summed E-state index contributed by atoms with van der Waals surface area (Å²) in [5.41, 5.74) is 9.55. The maximum Gasteiger partial charge on any atom is 0.381 e. The molecule has 0 fully saturated rings. The Hall–Kier alpha value is -10.4. The van der Waals surface area contributed by atoms with Crippen LogP contribution in [0.3, 0.4) is 0 Å². The molecule has 10 nitrogen and oxygen atoms in total. The number of alkyl halides is 8. The number of ketones is 2. The van der Waals surface area contributed by atoms with Crippen LogP contribution < -0.4 is 9.47 Å². The van der Waals surface area contributed by atoms with Gasteiger partial charge in [-0.2, -0.15) is 35.1 Å². The van der Waals surface area contributed by atoms with Gasteiger partial charge in [-0.15, -0.1) is 0 Å². The largest absolute Gasteiger partial charge is 0.486 e. The number of aryl methyl sites for hydroxylation is 6. The predicted molar refractivity (Wildman–Crippen MR) is 407 cm³/mol. The van der Waals surface area contributed by atoms with E-state index in [1.54, 1.807) is 36.4 Å². The normalized spacial score (nSPS) is 13.5. The van der Waals surface area contributed by atoms with Crippen molar-refractivity contribution in [3.05, 3.63) is 248 Å². The summed E-state index contributed by atoms with van der Waals surface area (Å²) in [5, 5.41) is 34.4. The molecular formula is C88H86F8N4O6. The first-order chi connectivity index (χ1) is 50.6. The van der Waals surface area contributed by atoms with Crippen molar-refractivity contribution in [3.63, 3.8) is 0 Å². The summed E-state index contributed by atoms with van der Waals surface area (Å²) in [6.07, 6.45) is 7.59. The fourth-order valence-corrected chi connectivity index (χ4v) is 15.8. The van der Waals surface area contributed by atoms with E-state index in [9.17, 15) is 20.0 Å². The van der Waals surface area contributed by atoms with E-state index in [0.717, 1.165) is 140 Å². The zero-order valence-corrected chi connectivity index (χ0v) is 61.1. The second-order valence-electron chi connectivity index (χ2n) is 28.5. The summed E-state index contributed by atoms with van der Waals surface area (Å²) in [6, 6.07) is 47.0. The average Bonchev–Trinajstić information content (AvgIpc) is 1.46. The number of aromatic nitrogens is 2. The number of hydrogen-bond donors (Lipinski definition) is 2. The number of hydrogen-bond acceptors (Lipinski definition) is 8. The first-order valence-electron chi connectivity index (χ1n) is 36.3. The molecule has 2 N–H and O–H groups in total. The number of ether oxygens (including phenoxy) is 2. The van der Waals surface area contributed by atoms with Crippen LogP contribution in [0.2, 0.25) is 0 Å². The van der Waals surface area contributed by atoms with Crippen molar-refractivity contribution in [2.75, 3.05) is 13.2 Å². The minimum Gasteiger partial charge on any atom is -0.486 e. The maximum atomic E-state index is 16.2. The third-order valence-corrected chi connectivity index (χ3v) is 21.2. The molecule has 12 rings (SSSR count). The molecule has 0 bridgehead atoms. The Balaban J connectivity index is 0.837. The molecule has 0 saturated carbocycles. The summed E-state index contributed by atoms with van der Waals surface area (Å²) in [7, 11) is 0. The lowest BCUT2D eigenvalue weighted by Gasteiger charge is -2.36. The van der Waals surface area contributed by atoms with Crippen molar-refractivity contribution in [2.24, 2.45) is 22.1 Å². The Morgan fingerprint density at radius 3 is 1.09 bits per heavy atom. The smallest absolute Gasteiger partial charge is 0.381 e. The van der Waals surface area contributed by atoms with Gasteiger partial charge in [0.05, 0.1) is 11.0 Å². The zero-order chi connectivity index (χ0) is 75.9. The van der Waals surface area contributed by atoms with Crippen LogP contribution in [-0.2, 0) is 13.1 Å². The number of oxime groups is 2. The van der Waals surface area contributed by atoms with Crippen LogP contribution in [0.4, 0.5) is 35.1 Å². The van der Waals surface area contributed by atoms with E-state index in [-0.39, 0.29) is 57.1 Å². The molecule has 2 unspecified atom stereocenters. The molecule has 0 radical (unpaired) electrons. The monoisotopic (exact) mass is 1450 g/mol. The standard InChI is InChI=1S/C88H86F8N4O6/c1-11-15-25-57(13-3)47-99-73-37-35-59(43-67(73)69-45-71(61-27-17-19-29-63(61)81(69)99)83(101)77-53(7)39-51(5)40-54(77)8)79(97-103)65-31-21-23-33-75(65)105-49-85(89,90)87(93,94)88(95,96)86(91,92)50-106-76-34-24-22-32-66(76)80(98-104)60-36-38-74-68(44-60)70-46-72(84(102)78-55(9)41-52(6)42-56(78)10)62-28-18-20-30-64(62)82(70)100(74)48-58(14-4)26-16-12-2/h17-24,27-46,57-58,103-104H,11-16,25-26,47-50H2,1-10H3/b97-79+,98-80+. The zero-order valence-electron chi connectivity index (χ0n) is 61.1. The first kappa shape index (κ1) is 75.3. The van der Waals surface area contributed by atoms with Crippen molar-refractivity contribution in [2.45, 2.75) is 157 Å². The Labute approximate surface area is 610 Å². The van der Waals surface area contributed by atoms with Gasteiger partial charge in [0.1, 0.15) is 22.9 Å². The fourth-order valence-electron chi connectivity index (χ4n) is 15.8. The van der Waals surface area contributed by atoms with Crippen molar-refractivity contribution >= 4 is 88.1 Å². The number of benzene rings is 10. The SMILES string of the molecule is CCCCC(CC)Cn1c2ccc(/C(=N\O)c3ccccc3OCC(F)(F)C(F)(F)C(F)(F)C(F)(F)COc3ccccc3/C(=N/O)c3ccc4c(c3)c3cc(C(=O)c5c(C)cc(C)cc5C)c5ccccc5c3n4CC(CC)CCCC)cc2c2cc(C(=O)c3c(C)cc(C)cc3C)c3ccccc3c21. The topological polar surface area (TPSA) is 128 Å². The fraction of sp³-hybridized carbons (Fsp3) is 0.318. The van der Waals surface area contributed by atoms with Gasteiger partial charge in [-0.25, -0.2) is 0 Å². The summed E-state index contributed by atoms with van der Waals surface area (Å²) in [6.45, 7) is 16.1. The molecule has 0 spiro atoms. The second-order valence-corrected chi connectivity index (χ2v) is 28.5. The molecule has 2 aromatic heterocycles. The Bertz CT molecular complexity index is 5080. The Morgan fingerprint density at radius 2 is 0.755 bits per heavy atom. The van der Waals surface area contributed by atoms with Crippen LogP contribution in [0.25, 0.3) is 65.2 Å². The predicted octanol–water partition coefficient (Wildman–Crippen LogP) is 23.4. The van der Waals surface area contributed by atoms with Crippen LogP contribution in [0, 0.1) is 53.4 Å². The van der Waals surface area contributed by atoms with Crippen molar-refractivity contribution < 1.29 is 64.6 Å². The van der Waals surface area contributed by atoms with Crippen LogP contribution in [-0.4, -0.2) is 79.4 Å². The van der Waals surface area contributed by atoms with Gasteiger partial charge in [0, 0.05) is 101 Å². The summed E-state index contributed by atoms with van der Waals surface area (Å²) < 4.78 is 144. The lowest BCUT2D eigenvalue weighted by molar-refractivity contribution is -0.371. The lowest BCUT2D eigenvalue weighted by Crippen LogP contribution is -2.65. The van der Waals surface area contributed by atoms with Gasteiger partial charge < -0.3 is 29.0 Å². The molecule has 0 amide bonds. The Morgan fingerprint density at radius 1 is 0.415 bits per heavy atom. The number of carbonyl (C=O) groups excluding carboxylic acids is 2. The molecule has 0 aliphatic rings. The van der Waals surface area contributed by atoms with Crippen LogP contribution >= 0.6 is 0 Å². The number of halogens is 8. The number of nitrogens with zero attached hydrogens (tertiary/aromatic N) is 4. The number of rotatable bonds is 29. The minimum absolute atomic E-state index is 0.167. The molecular weight excluding hydrogens is 1360 g/mol. The Kier molecular flexibility index (Phi) is 21.5. The van der Waals surface area contributed by atoms with Gasteiger partial charge in [0.15, 0.2) is 24.8 Å². The minimum atomic E-state index is -6.82. The number of carbonyl (C=O) groups is 2. The molecule has 10 aromatic carbocycles. The summed E-state index contributed by atoms with van der Waals surface area (Å²) >= 11 is 0. The molecule has 106 heavy (non-hydrogen) atoms. The van der Waals surface area contributed by atoms with E-state index in [1.807, 2.05) is 126 Å². The van der Waals surface area contributed by atoms with E-state index >= 15 is 35.1 Å². The summed E-state index contributed by atoms with van der Waals surface area (Å²) in [4.78, 5) is 29.9. The molecule has 0 saturated heterocycles. The van der Waals surface area contributed by atoms with Crippen LogP contribution in [0.1, 0.15) is 167 Å². The highest BCUT2D eigenvalue weighted by Gasteiger charge is 2.81. The second kappa shape index (κ2) is 30.2. The average molecular weight is 1450 g/mol. The molecule has 12 aromatic rings. The van der Waals surface area contributed by atoms with E-state index < -0.39 is 48.4 Å². The van der Waals surface area contributed by atoms with Gasteiger partial charge >= 0.3 is 23.7 Å². The van der Waals surface area contributed by atoms with Crippen molar-refractivity contribution in [3.8, 4) is 11.5 Å². The maximum absolute atomic E-state index is 16.2. The van der Waals surface area contributed by atoms with Crippen LogP contribution in [0.15, 0.2) is 180 Å². The van der Waals surface area contributed by atoms with Gasteiger partial charge in [0.25, 0.3) is 0 Å². The third kappa shape index (κ3) is 13.7. The lowest BCUT2D eigenvalue weighted by atomic mass is 9.89. The third-order valence-electron chi connectivity index (χ3n) is 21.2. The van der Waals surface area contributed by atoms with E-state index in [0.29, 0.717) is 56.9 Å². The first-order valence-corrected chi connectivity index (χ1v) is 36.3. The number of para-hydroxylation sites is 2. The van der Waals surface area contributed by atoms with Crippen molar-refractivity contribution in [1.29, 1.82) is 0 Å². The van der Waals surface area contributed by atoms with E-state index in [4.69, 9.17) is 9.47 Å².